The second kappa shape index (κ2) is 6.48. The highest BCUT2D eigenvalue weighted by molar-refractivity contribution is 5.17. The third-order valence-electron chi connectivity index (χ3n) is 2.92. The van der Waals surface area contributed by atoms with Gasteiger partial charge in [-0.25, -0.2) is 9.37 Å². The maximum atomic E-state index is 12.9. The van der Waals surface area contributed by atoms with E-state index in [-0.39, 0.29) is 5.82 Å². The molecule has 0 amide bonds. The van der Waals surface area contributed by atoms with Crippen molar-refractivity contribution in [2.75, 3.05) is 6.54 Å². The second-order valence-corrected chi connectivity index (χ2v) is 5.16. The summed E-state index contributed by atoms with van der Waals surface area (Å²) in [5.41, 5.74) is 2.22. The molecule has 2 rings (SSSR count). The van der Waals surface area contributed by atoms with Gasteiger partial charge in [-0.15, -0.1) is 0 Å². The molecule has 0 fully saturated rings. The molecule has 1 heterocycles. The van der Waals surface area contributed by atoms with Gasteiger partial charge in [0.2, 0.25) is 0 Å². The van der Waals surface area contributed by atoms with Crippen molar-refractivity contribution in [2.45, 2.75) is 26.9 Å². The highest BCUT2D eigenvalue weighted by atomic mass is 19.1. The van der Waals surface area contributed by atoms with E-state index in [1.165, 1.54) is 12.1 Å². The molecule has 0 spiro atoms. The van der Waals surface area contributed by atoms with E-state index in [2.05, 4.69) is 28.7 Å². The summed E-state index contributed by atoms with van der Waals surface area (Å²) >= 11 is 0. The third kappa shape index (κ3) is 4.17. The fourth-order valence-electron chi connectivity index (χ4n) is 1.91. The maximum Gasteiger partial charge on any atom is 0.123 e. The van der Waals surface area contributed by atoms with E-state index < -0.39 is 0 Å². The Morgan fingerprint density at radius 2 is 2.00 bits per heavy atom. The molecule has 2 aromatic rings. The summed E-state index contributed by atoms with van der Waals surface area (Å²) in [6.07, 6.45) is 3.69. The number of hydrogen-bond donors (Lipinski definition) is 1. The summed E-state index contributed by atoms with van der Waals surface area (Å²) in [6, 6.07) is 6.59. The van der Waals surface area contributed by atoms with Gasteiger partial charge in [0.05, 0.1) is 12.0 Å². The molecule has 4 heteroatoms. The van der Waals surface area contributed by atoms with Crippen molar-refractivity contribution >= 4 is 0 Å². The number of halogens is 1. The van der Waals surface area contributed by atoms with Gasteiger partial charge in [-0.3, -0.25) is 0 Å². The Morgan fingerprint density at radius 1 is 1.26 bits per heavy atom. The van der Waals surface area contributed by atoms with Gasteiger partial charge in [0, 0.05) is 19.3 Å². The van der Waals surface area contributed by atoms with Gasteiger partial charge >= 0.3 is 0 Å². The molecule has 0 aliphatic rings. The normalized spacial score (nSPS) is 11.2. The lowest BCUT2D eigenvalue weighted by molar-refractivity contribution is 0.539. The molecule has 102 valence electrons. The van der Waals surface area contributed by atoms with Gasteiger partial charge < -0.3 is 9.88 Å². The summed E-state index contributed by atoms with van der Waals surface area (Å²) in [4.78, 5) is 4.18. The van der Waals surface area contributed by atoms with Crippen molar-refractivity contribution in [3.63, 3.8) is 0 Å². The highest BCUT2D eigenvalue weighted by Gasteiger charge is 2.03. The molecule has 0 aliphatic heterocycles. The molecule has 0 saturated carbocycles. The fourth-order valence-corrected chi connectivity index (χ4v) is 1.91. The Labute approximate surface area is 113 Å². The number of rotatable bonds is 6. The first-order chi connectivity index (χ1) is 9.15. The zero-order valence-electron chi connectivity index (χ0n) is 11.4. The van der Waals surface area contributed by atoms with Crippen molar-refractivity contribution in [1.29, 1.82) is 0 Å². The van der Waals surface area contributed by atoms with Crippen LogP contribution in [0.3, 0.4) is 0 Å². The SMILES string of the molecule is CC(C)CNCc1cncn1Cc1ccc(F)cc1. The molecule has 1 N–H and O–H groups in total. The van der Waals surface area contributed by atoms with E-state index in [0.717, 1.165) is 30.9 Å². The lowest BCUT2D eigenvalue weighted by Crippen LogP contribution is -2.20. The largest absolute Gasteiger partial charge is 0.329 e. The van der Waals surface area contributed by atoms with Crippen LogP contribution in [-0.4, -0.2) is 16.1 Å². The van der Waals surface area contributed by atoms with Gasteiger partial charge in [-0.05, 0) is 30.2 Å². The molecular formula is C15H20FN3. The zero-order chi connectivity index (χ0) is 13.7. The van der Waals surface area contributed by atoms with Crippen molar-refractivity contribution < 1.29 is 4.39 Å². The van der Waals surface area contributed by atoms with Crippen molar-refractivity contribution in [3.05, 3.63) is 53.9 Å². The standard InChI is InChI=1S/C15H20FN3/c1-12(2)7-17-8-15-9-18-11-19(15)10-13-3-5-14(16)6-4-13/h3-6,9,11-12,17H,7-8,10H2,1-2H3. The number of benzene rings is 1. The van der Waals surface area contributed by atoms with E-state index >= 15 is 0 Å². The van der Waals surface area contributed by atoms with Gasteiger partial charge in [-0.2, -0.15) is 0 Å². The Balaban J connectivity index is 1.97. The van der Waals surface area contributed by atoms with Crippen LogP contribution in [0.15, 0.2) is 36.8 Å². The highest BCUT2D eigenvalue weighted by Crippen LogP contribution is 2.08. The maximum absolute atomic E-state index is 12.9. The summed E-state index contributed by atoms with van der Waals surface area (Å²) in [7, 11) is 0. The summed E-state index contributed by atoms with van der Waals surface area (Å²) in [5.74, 6) is 0.432. The average Bonchev–Trinajstić information content (AvgIpc) is 2.79. The van der Waals surface area contributed by atoms with Gasteiger partial charge in [0.25, 0.3) is 0 Å². The van der Waals surface area contributed by atoms with Crippen LogP contribution in [0.4, 0.5) is 4.39 Å². The van der Waals surface area contributed by atoms with Gasteiger partial charge in [-0.1, -0.05) is 26.0 Å². The van der Waals surface area contributed by atoms with Crippen LogP contribution >= 0.6 is 0 Å². The minimum Gasteiger partial charge on any atom is -0.329 e. The molecule has 0 bridgehead atoms. The van der Waals surface area contributed by atoms with Gasteiger partial charge in [0.1, 0.15) is 5.82 Å². The number of hydrogen-bond acceptors (Lipinski definition) is 2. The smallest absolute Gasteiger partial charge is 0.123 e. The molecule has 19 heavy (non-hydrogen) atoms. The van der Waals surface area contributed by atoms with Crippen LogP contribution in [0.25, 0.3) is 0 Å². The average molecular weight is 261 g/mol. The van der Waals surface area contributed by atoms with Crippen LogP contribution in [0.1, 0.15) is 25.1 Å². The van der Waals surface area contributed by atoms with E-state index in [9.17, 15) is 4.39 Å². The molecule has 0 atom stereocenters. The first kappa shape index (κ1) is 13.7. The molecule has 0 unspecified atom stereocenters. The van der Waals surface area contributed by atoms with Crippen molar-refractivity contribution in [3.8, 4) is 0 Å². The van der Waals surface area contributed by atoms with Crippen LogP contribution in [0, 0.1) is 11.7 Å². The Kier molecular flexibility index (Phi) is 4.68. The lowest BCUT2D eigenvalue weighted by atomic mass is 10.2. The lowest BCUT2D eigenvalue weighted by Gasteiger charge is -2.10. The molecule has 1 aromatic carbocycles. The van der Waals surface area contributed by atoms with Crippen LogP contribution in [0.5, 0.6) is 0 Å². The summed E-state index contributed by atoms with van der Waals surface area (Å²) < 4.78 is 14.9. The number of aromatic nitrogens is 2. The van der Waals surface area contributed by atoms with Gasteiger partial charge in [0.15, 0.2) is 0 Å². The Morgan fingerprint density at radius 3 is 2.68 bits per heavy atom. The van der Waals surface area contributed by atoms with Crippen LogP contribution < -0.4 is 5.32 Å². The fraction of sp³-hybridized carbons (Fsp3) is 0.400. The number of imidazole rings is 1. The Bertz CT molecular complexity index is 502. The molecule has 0 radical (unpaired) electrons. The molecular weight excluding hydrogens is 241 g/mol. The minimum absolute atomic E-state index is 0.201. The molecule has 3 nitrogen and oxygen atoms in total. The van der Waals surface area contributed by atoms with Crippen molar-refractivity contribution in [1.82, 2.24) is 14.9 Å². The van der Waals surface area contributed by atoms with E-state index in [0.29, 0.717) is 5.92 Å². The quantitative estimate of drug-likeness (QED) is 0.866. The topological polar surface area (TPSA) is 29.9 Å². The third-order valence-corrected chi connectivity index (χ3v) is 2.92. The number of nitrogens with one attached hydrogen (secondary N) is 1. The monoisotopic (exact) mass is 261 g/mol. The molecule has 0 aliphatic carbocycles. The Hall–Kier alpha value is -1.68. The molecule has 0 saturated heterocycles. The van der Waals surface area contributed by atoms with E-state index in [1.807, 2.05) is 12.5 Å². The predicted molar refractivity (Wildman–Crippen MR) is 74.3 cm³/mol. The van der Waals surface area contributed by atoms with Crippen LogP contribution in [0.2, 0.25) is 0 Å². The minimum atomic E-state index is -0.201. The van der Waals surface area contributed by atoms with Crippen molar-refractivity contribution in [2.24, 2.45) is 5.92 Å². The summed E-state index contributed by atoms with van der Waals surface area (Å²) in [6.45, 7) is 6.88. The summed E-state index contributed by atoms with van der Waals surface area (Å²) in [5, 5.41) is 3.40. The first-order valence-electron chi connectivity index (χ1n) is 6.59. The zero-order valence-corrected chi connectivity index (χ0v) is 11.4. The first-order valence-corrected chi connectivity index (χ1v) is 6.59. The van der Waals surface area contributed by atoms with E-state index in [1.54, 1.807) is 12.1 Å². The predicted octanol–water partition coefficient (Wildman–Crippen LogP) is 2.82. The molecule has 1 aromatic heterocycles. The van der Waals surface area contributed by atoms with Crippen LogP contribution in [-0.2, 0) is 13.1 Å². The van der Waals surface area contributed by atoms with E-state index in [4.69, 9.17) is 0 Å². The second-order valence-electron chi connectivity index (χ2n) is 5.16. The number of nitrogens with zero attached hydrogens (tertiary/aromatic N) is 2.